The van der Waals surface area contributed by atoms with E-state index in [9.17, 15) is 18.0 Å². The van der Waals surface area contributed by atoms with Gasteiger partial charge in [0.2, 0.25) is 5.91 Å². The number of fused-ring (bicyclic) bond motifs is 1. The summed E-state index contributed by atoms with van der Waals surface area (Å²) in [4.78, 5) is 23.4. The first kappa shape index (κ1) is 23.3. The maximum Gasteiger partial charge on any atom is 0.490 e. The van der Waals surface area contributed by atoms with Crippen LogP contribution in [0.5, 0.6) is 5.75 Å². The molecule has 1 aromatic carbocycles. The van der Waals surface area contributed by atoms with Gasteiger partial charge in [0.05, 0.1) is 20.3 Å². The van der Waals surface area contributed by atoms with Gasteiger partial charge in [-0.25, -0.2) is 4.79 Å². The fourth-order valence-electron chi connectivity index (χ4n) is 4.10. The second kappa shape index (κ2) is 9.44. The molecule has 172 valence electrons. The zero-order chi connectivity index (χ0) is 22.6. The number of carbonyl (C=O) groups is 2. The number of benzene rings is 1. The maximum absolute atomic E-state index is 12.0. The Kier molecular flexibility index (Phi) is 7.10. The Balaban J connectivity index is 0.000000339. The molecule has 3 fully saturated rings. The second-order valence-electron chi connectivity index (χ2n) is 8.39. The van der Waals surface area contributed by atoms with Gasteiger partial charge in [0.1, 0.15) is 5.75 Å². The van der Waals surface area contributed by atoms with Crippen LogP contribution in [0.1, 0.15) is 18.4 Å². The summed E-state index contributed by atoms with van der Waals surface area (Å²) in [6.45, 7) is 5.27. The molecule has 4 rings (SSSR count). The first-order valence-corrected chi connectivity index (χ1v) is 10.1. The molecule has 7 nitrogen and oxygen atoms in total. The molecule has 2 saturated heterocycles. The van der Waals surface area contributed by atoms with E-state index in [-0.39, 0.29) is 17.2 Å². The van der Waals surface area contributed by atoms with Gasteiger partial charge in [-0.1, -0.05) is 12.1 Å². The SMILES string of the molecule is COc1cccc(CN2C[C@@H]3COC[C@]3(CNC(=O)C3CC3)C2)c1.O=C(O)C(F)(F)F. The van der Waals surface area contributed by atoms with Crippen LogP contribution in [0.2, 0.25) is 0 Å². The van der Waals surface area contributed by atoms with Crippen LogP contribution in [0.25, 0.3) is 0 Å². The van der Waals surface area contributed by atoms with Crippen LogP contribution in [0.15, 0.2) is 24.3 Å². The summed E-state index contributed by atoms with van der Waals surface area (Å²) in [5.74, 6) is -0.825. The number of carboxylic acids is 1. The fraction of sp³-hybridized carbons (Fsp3) is 0.619. The first-order valence-electron chi connectivity index (χ1n) is 10.1. The molecule has 1 saturated carbocycles. The third-order valence-electron chi connectivity index (χ3n) is 5.94. The lowest BCUT2D eigenvalue weighted by Crippen LogP contribution is -2.43. The Morgan fingerprint density at radius 2 is 2.06 bits per heavy atom. The third-order valence-corrected chi connectivity index (χ3v) is 5.94. The Bertz CT molecular complexity index is 799. The van der Waals surface area contributed by atoms with E-state index in [1.807, 2.05) is 12.1 Å². The lowest BCUT2D eigenvalue weighted by Gasteiger charge is -2.27. The average molecular weight is 444 g/mol. The van der Waals surface area contributed by atoms with Gasteiger partial charge in [0.15, 0.2) is 0 Å². The summed E-state index contributed by atoms with van der Waals surface area (Å²) in [7, 11) is 1.70. The fourth-order valence-corrected chi connectivity index (χ4v) is 4.10. The number of alkyl halides is 3. The number of likely N-dealkylation sites (tertiary alicyclic amines) is 1. The molecule has 0 radical (unpaired) electrons. The molecule has 0 aromatic heterocycles. The van der Waals surface area contributed by atoms with E-state index in [0.717, 1.165) is 58.0 Å². The molecule has 2 N–H and O–H groups in total. The number of amides is 1. The zero-order valence-electron chi connectivity index (χ0n) is 17.3. The van der Waals surface area contributed by atoms with Crippen molar-refractivity contribution in [2.75, 3.05) is 40.0 Å². The van der Waals surface area contributed by atoms with Crippen LogP contribution >= 0.6 is 0 Å². The normalized spacial score (nSPS) is 25.4. The standard InChI is InChI=1S/C19H26N2O3.C2HF3O2/c1-23-17-4-2-3-14(7-17)8-21-9-16-10-24-13-19(16,12-21)11-20-18(22)15-5-6-15;3-2(4,5)1(6)7/h2-4,7,15-16H,5-6,8-13H2,1H3,(H,20,22);(H,6,7)/t16-,19+;/m1./s1. The Morgan fingerprint density at radius 3 is 2.68 bits per heavy atom. The number of nitrogens with one attached hydrogen (secondary N) is 1. The van der Waals surface area contributed by atoms with E-state index in [1.165, 1.54) is 5.56 Å². The van der Waals surface area contributed by atoms with E-state index in [4.69, 9.17) is 19.4 Å². The largest absolute Gasteiger partial charge is 0.497 e. The average Bonchev–Trinajstić information content (AvgIpc) is 3.41. The molecular weight excluding hydrogens is 417 g/mol. The lowest BCUT2D eigenvalue weighted by molar-refractivity contribution is -0.192. The highest BCUT2D eigenvalue weighted by molar-refractivity contribution is 5.80. The number of halogens is 3. The van der Waals surface area contributed by atoms with Crippen LogP contribution in [0, 0.1) is 17.3 Å². The molecule has 1 amide bonds. The van der Waals surface area contributed by atoms with Crippen LogP contribution in [0.4, 0.5) is 13.2 Å². The van der Waals surface area contributed by atoms with Gasteiger partial charge in [-0.15, -0.1) is 0 Å². The van der Waals surface area contributed by atoms with Crippen molar-refractivity contribution in [3.05, 3.63) is 29.8 Å². The highest BCUT2D eigenvalue weighted by Gasteiger charge is 2.50. The van der Waals surface area contributed by atoms with Crippen LogP contribution < -0.4 is 10.1 Å². The van der Waals surface area contributed by atoms with E-state index in [2.05, 4.69) is 22.3 Å². The molecular formula is C21H27F3N2O5. The molecule has 0 bridgehead atoms. The topological polar surface area (TPSA) is 88.1 Å². The highest BCUT2D eigenvalue weighted by atomic mass is 19.4. The maximum atomic E-state index is 12.0. The van der Waals surface area contributed by atoms with Crippen molar-refractivity contribution < 1.29 is 37.3 Å². The molecule has 0 spiro atoms. The molecule has 3 aliphatic rings. The monoisotopic (exact) mass is 444 g/mol. The highest BCUT2D eigenvalue weighted by Crippen LogP contribution is 2.41. The quantitative estimate of drug-likeness (QED) is 0.700. The number of methoxy groups -OCH3 is 1. The van der Waals surface area contributed by atoms with Gasteiger partial charge >= 0.3 is 12.1 Å². The molecule has 10 heteroatoms. The predicted molar refractivity (Wildman–Crippen MR) is 104 cm³/mol. The van der Waals surface area contributed by atoms with Crippen molar-refractivity contribution in [2.45, 2.75) is 25.6 Å². The number of aliphatic carboxylic acids is 1. The number of hydrogen-bond donors (Lipinski definition) is 2. The van der Waals surface area contributed by atoms with Crippen molar-refractivity contribution in [3.8, 4) is 5.75 Å². The molecule has 2 atom stereocenters. The number of carbonyl (C=O) groups excluding carboxylic acids is 1. The van der Waals surface area contributed by atoms with Gasteiger partial charge in [-0.05, 0) is 30.5 Å². The number of nitrogens with zero attached hydrogens (tertiary/aromatic N) is 1. The number of ether oxygens (including phenoxy) is 2. The van der Waals surface area contributed by atoms with Crippen LogP contribution in [-0.2, 0) is 20.9 Å². The molecule has 2 aliphatic heterocycles. The Labute approximate surface area is 178 Å². The van der Waals surface area contributed by atoms with Crippen LogP contribution in [0.3, 0.4) is 0 Å². The van der Waals surface area contributed by atoms with Crippen molar-refractivity contribution >= 4 is 11.9 Å². The molecule has 31 heavy (non-hydrogen) atoms. The summed E-state index contributed by atoms with van der Waals surface area (Å²) in [6.07, 6.45) is -2.97. The smallest absolute Gasteiger partial charge is 0.490 e. The third kappa shape index (κ3) is 6.10. The predicted octanol–water partition coefficient (Wildman–Crippen LogP) is 2.30. The molecule has 1 aliphatic carbocycles. The molecule has 1 aromatic rings. The minimum Gasteiger partial charge on any atom is -0.497 e. The summed E-state index contributed by atoms with van der Waals surface area (Å²) in [5.41, 5.74) is 1.36. The number of hydrogen-bond acceptors (Lipinski definition) is 5. The summed E-state index contributed by atoms with van der Waals surface area (Å²) >= 11 is 0. The molecule has 2 heterocycles. The zero-order valence-corrected chi connectivity index (χ0v) is 17.3. The minimum atomic E-state index is -5.08. The van der Waals surface area contributed by atoms with E-state index in [1.54, 1.807) is 7.11 Å². The van der Waals surface area contributed by atoms with E-state index < -0.39 is 12.1 Å². The second-order valence-corrected chi connectivity index (χ2v) is 8.39. The van der Waals surface area contributed by atoms with Crippen LogP contribution in [-0.4, -0.2) is 68.0 Å². The van der Waals surface area contributed by atoms with E-state index in [0.29, 0.717) is 5.92 Å². The van der Waals surface area contributed by atoms with Crippen molar-refractivity contribution in [3.63, 3.8) is 0 Å². The van der Waals surface area contributed by atoms with Crippen molar-refractivity contribution in [1.82, 2.24) is 10.2 Å². The Morgan fingerprint density at radius 1 is 1.35 bits per heavy atom. The first-order chi connectivity index (χ1) is 14.6. The molecule has 0 unspecified atom stereocenters. The van der Waals surface area contributed by atoms with E-state index >= 15 is 0 Å². The van der Waals surface area contributed by atoms with Crippen molar-refractivity contribution in [2.24, 2.45) is 17.3 Å². The number of carboxylic acid groups (broad SMARTS) is 1. The summed E-state index contributed by atoms with van der Waals surface area (Å²) in [5, 5.41) is 10.3. The Hall–Kier alpha value is -2.33. The van der Waals surface area contributed by atoms with Gasteiger partial charge < -0.3 is 19.9 Å². The van der Waals surface area contributed by atoms with Gasteiger partial charge in [-0.2, -0.15) is 13.2 Å². The van der Waals surface area contributed by atoms with Gasteiger partial charge in [0.25, 0.3) is 0 Å². The summed E-state index contributed by atoms with van der Waals surface area (Å²) < 4.78 is 42.8. The lowest BCUT2D eigenvalue weighted by atomic mass is 9.81. The summed E-state index contributed by atoms with van der Waals surface area (Å²) in [6, 6.07) is 8.27. The minimum absolute atomic E-state index is 0.0867. The van der Waals surface area contributed by atoms with Gasteiger partial charge in [0, 0.05) is 43.4 Å². The van der Waals surface area contributed by atoms with Gasteiger partial charge in [-0.3, -0.25) is 9.69 Å². The van der Waals surface area contributed by atoms with Crippen molar-refractivity contribution in [1.29, 1.82) is 0 Å². The number of rotatable bonds is 6.